The molecule has 34 heavy (non-hydrogen) atoms. The molecule has 2 fully saturated rings. The van der Waals surface area contributed by atoms with E-state index in [0.717, 1.165) is 47.0 Å². The molecular formula is C25H31N5O3S. The highest BCUT2D eigenvalue weighted by atomic mass is 32.3. The molecule has 2 heterocycles. The first-order chi connectivity index (χ1) is 16.4. The normalized spacial score (nSPS) is 19.0. The number of rotatable bonds is 7. The van der Waals surface area contributed by atoms with Crippen LogP contribution in [0.2, 0.25) is 0 Å². The lowest BCUT2D eigenvalue weighted by Crippen LogP contribution is -2.40. The minimum absolute atomic E-state index is 0.0126. The SMILES string of the molecule is Cc1ccc(C(=O)NC2CC2)cc1-c1ccc2nc(NCCN3CCS(O)(O)CC3)ncc2c1. The lowest BCUT2D eigenvalue weighted by Gasteiger charge is -2.40. The highest BCUT2D eigenvalue weighted by Gasteiger charge is 2.24. The minimum atomic E-state index is -2.36. The van der Waals surface area contributed by atoms with Crippen molar-refractivity contribution < 1.29 is 13.9 Å². The number of aromatic nitrogens is 2. The average Bonchev–Trinajstić information content (AvgIpc) is 3.64. The predicted octanol–water partition coefficient (Wildman–Crippen LogP) is 3.98. The molecular weight excluding hydrogens is 450 g/mol. The smallest absolute Gasteiger partial charge is 0.251 e. The van der Waals surface area contributed by atoms with Gasteiger partial charge in [-0.15, -0.1) is 0 Å². The van der Waals surface area contributed by atoms with Crippen LogP contribution in [0.5, 0.6) is 0 Å². The topological polar surface area (TPSA) is 111 Å². The molecule has 9 heteroatoms. The highest BCUT2D eigenvalue weighted by molar-refractivity contribution is 8.24. The largest absolute Gasteiger partial charge is 0.353 e. The van der Waals surface area contributed by atoms with Gasteiger partial charge in [-0.3, -0.25) is 18.8 Å². The summed E-state index contributed by atoms with van der Waals surface area (Å²) in [5.74, 6) is 1.48. The molecule has 1 aromatic heterocycles. The predicted molar refractivity (Wildman–Crippen MR) is 138 cm³/mol. The fraction of sp³-hybridized carbons (Fsp3) is 0.400. The van der Waals surface area contributed by atoms with E-state index in [4.69, 9.17) is 0 Å². The molecule has 4 N–H and O–H groups in total. The standard InChI is InChI=1S/C25H31N5O3S/c1-17-2-3-19(24(31)28-21-5-6-21)15-22(17)18-4-7-23-20(14-18)16-27-25(29-23)26-8-9-30-10-12-34(32,33)13-11-30/h2-4,7,14-16,21,32-33H,5-6,8-13H2,1H3,(H,28,31)(H,26,27,29). The van der Waals surface area contributed by atoms with Crippen molar-refractivity contribution in [1.29, 1.82) is 0 Å². The van der Waals surface area contributed by atoms with E-state index in [9.17, 15) is 13.9 Å². The zero-order valence-electron chi connectivity index (χ0n) is 19.3. The highest BCUT2D eigenvalue weighted by Crippen LogP contribution is 2.40. The number of carbonyl (C=O) groups excluding carboxylic acids is 1. The Balaban J connectivity index is 1.25. The molecule has 3 aromatic rings. The molecule has 0 unspecified atom stereocenters. The van der Waals surface area contributed by atoms with E-state index in [0.29, 0.717) is 48.7 Å². The van der Waals surface area contributed by atoms with Gasteiger partial charge in [-0.05, 0) is 60.7 Å². The van der Waals surface area contributed by atoms with Gasteiger partial charge in [-0.1, -0.05) is 12.1 Å². The van der Waals surface area contributed by atoms with E-state index in [1.807, 2.05) is 36.5 Å². The molecule has 180 valence electrons. The van der Waals surface area contributed by atoms with Crippen LogP contribution in [0.1, 0.15) is 28.8 Å². The molecule has 0 bridgehead atoms. The molecule has 0 radical (unpaired) electrons. The van der Waals surface area contributed by atoms with Crippen LogP contribution in [0.25, 0.3) is 22.0 Å². The lowest BCUT2D eigenvalue weighted by atomic mass is 9.97. The molecule has 2 aromatic carbocycles. The second kappa shape index (κ2) is 9.50. The number of aryl methyl sites for hydroxylation is 1. The van der Waals surface area contributed by atoms with Gasteiger partial charge in [0.25, 0.3) is 5.91 Å². The maximum absolute atomic E-state index is 12.5. The number of carbonyl (C=O) groups is 1. The Kier molecular flexibility index (Phi) is 6.44. The third-order valence-corrected chi connectivity index (χ3v) is 8.16. The van der Waals surface area contributed by atoms with Crippen molar-refractivity contribution in [2.75, 3.05) is 43.0 Å². The van der Waals surface area contributed by atoms with Gasteiger partial charge in [0, 0.05) is 49.4 Å². The summed E-state index contributed by atoms with van der Waals surface area (Å²) in [5, 5.41) is 7.27. The number of anilines is 1. The number of nitrogens with zero attached hydrogens (tertiary/aromatic N) is 3. The molecule has 1 saturated carbocycles. The van der Waals surface area contributed by atoms with Crippen LogP contribution in [0, 0.1) is 6.92 Å². The Morgan fingerprint density at radius 1 is 1.15 bits per heavy atom. The Bertz CT molecular complexity index is 1200. The maximum atomic E-state index is 12.5. The Morgan fingerprint density at radius 3 is 2.71 bits per heavy atom. The van der Waals surface area contributed by atoms with Crippen LogP contribution in [-0.2, 0) is 0 Å². The minimum Gasteiger partial charge on any atom is -0.353 e. The van der Waals surface area contributed by atoms with Crippen LogP contribution < -0.4 is 10.6 Å². The first-order valence-corrected chi connectivity index (χ1v) is 13.6. The summed E-state index contributed by atoms with van der Waals surface area (Å²) >= 11 is 0. The van der Waals surface area contributed by atoms with Gasteiger partial charge in [0.05, 0.1) is 17.0 Å². The molecule has 0 atom stereocenters. The van der Waals surface area contributed by atoms with Crippen LogP contribution in [-0.4, -0.2) is 73.6 Å². The van der Waals surface area contributed by atoms with E-state index in [2.05, 4.69) is 38.5 Å². The summed E-state index contributed by atoms with van der Waals surface area (Å²) in [5.41, 5.74) is 4.72. The third-order valence-electron chi connectivity index (χ3n) is 6.48. The number of hydrogen-bond donors (Lipinski definition) is 4. The van der Waals surface area contributed by atoms with Crippen LogP contribution in [0.15, 0.2) is 42.6 Å². The summed E-state index contributed by atoms with van der Waals surface area (Å²) in [6.07, 6.45) is 3.96. The summed E-state index contributed by atoms with van der Waals surface area (Å²) in [7, 11) is -2.36. The fourth-order valence-corrected chi connectivity index (χ4v) is 5.48. The van der Waals surface area contributed by atoms with Crippen LogP contribution in [0.4, 0.5) is 5.95 Å². The van der Waals surface area contributed by atoms with Crippen molar-refractivity contribution in [3.05, 3.63) is 53.7 Å². The Morgan fingerprint density at radius 2 is 1.94 bits per heavy atom. The zero-order valence-corrected chi connectivity index (χ0v) is 20.1. The van der Waals surface area contributed by atoms with Crippen molar-refractivity contribution in [2.45, 2.75) is 25.8 Å². The Labute approximate surface area is 201 Å². The molecule has 1 aliphatic carbocycles. The number of nitrogens with one attached hydrogen (secondary N) is 2. The second-order valence-electron chi connectivity index (χ2n) is 9.22. The number of hydrogen-bond acceptors (Lipinski definition) is 7. The fourth-order valence-electron chi connectivity index (χ4n) is 4.17. The van der Waals surface area contributed by atoms with E-state index < -0.39 is 10.6 Å². The van der Waals surface area contributed by atoms with Crippen molar-refractivity contribution in [2.24, 2.45) is 0 Å². The second-order valence-corrected chi connectivity index (χ2v) is 11.6. The molecule has 8 nitrogen and oxygen atoms in total. The van der Waals surface area contributed by atoms with Crippen molar-refractivity contribution >= 4 is 33.3 Å². The van der Waals surface area contributed by atoms with Gasteiger partial charge in [0.2, 0.25) is 5.95 Å². The van der Waals surface area contributed by atoms with Gasteiger partial charge < -0.3 is 10.6 Å². The molecule has 1 amide bonds. The Hall–Kier alpha value is -2.72. The van der Waals surface area contributed by atoms with Gasteiger partial charge in [-0.25, -0.2) is 9.97 Å². The van der Waals surface area contributed by atoms with E-state index in [-0.39, 0.29) is 5.91 Å². The van der Waals surface area contributed by atoms with Crippen LogP contribution in [0.3, 0.4) is 0 Å². The molecule has 2 aliphatic rings. The monoisotopic (exact) mass is 481 g/mol. The number of amides is 1. The summed E-state index contributed by atoms with van der Waals surface area (Å²) in [6, 6.07) is 12.3. The van der Waals surface area contributed by atoms with Gasteiger partial charge in [-0.2, -0.15) is 10.6 Å². The van der Waals surface area contributed by atoms with E-state index in [1.165, 1.54) is 0 Å². The number of fused-ring (bicyclic) bond motifs is 1. The average molecular weight is 482 g/mol. The van der Waals surface area contributed by atoms with Crippen molar-refractivity contribution in [3.8, 4) is 11.1 Å². The van der Waals surface area contributed by atoms with Crippen LogP contribution >= 0.6 is 10.6 Å². The quantitative estimate of drug-likeness (QED) is 0.404. The third kappa shape index (κ3) is 5.50. The molecule has 1 aliphatic heterocycles. The van der Waals surface area contributed by atoms with Crippen molar-refractivity contribution in [1.82, 2.24) is 20.2 Å². The van der Waals surface area contributed by atoms with Crippen molar-refractivity contribution in [3.63, 3.8) is 0 Å². The lowest BCUT2D eigenvalue weighted by molar-refractivity contribution is 0.0951. The van der Waals surface area contributed by atoms with E-state index in [1.54, 1.807) is 0 Å². The van der Waals surface area contributed by atoms with Gasteiger partial charge in [0.1, 0.15) is 0 Å². The summed E-state index contributed by atoms with van der Waals surface area (Å²) in [4.78, 5) is 23.8. The molecule has 5 rings (SSSR count). The number of benzene rings is 2. The molecule has 1 saturated heterocycles. The summed E-state index contributed by atoms with van der Waals surface area (Å²) < 4.78 is 19.5. The first-order valence-electron chi connectivity index (χ1n) is 11.7. The van der Waals surface area contributed by atoms with E-state index >= 15 is 0 Å². The first kappa shape index (κ1) is 23.0. The maximum Gasteiger partial charge on any atom is 0.251 e. The molecule has 0 spiro atoms. The van der Waals surface area contributed by atoms with Gasteiger partial charge in [0.15, 0.2) is 0 Å². The van der Waals surface area contributed by atoms with Gasteiger partial charge >= 0.3 is 0 Å². The summed E-state index contributed by atoms with van der Waals surface area (Å²) in [6.45, 7) is 4.95. The zero-order chi connectivity index (χ0) is 23.7.